The highest BCUT2D eigenvalue weighted by atomic mass is 16.2. The summed E-state index contributed by atoms with van der Waals surface area (Å²) in [5, 5.41) is 8.60. The molecule has 1 saturated heterocycles. The molecule has 0 unspecified atom stereocenters. The largest absolute Gasteiger partial charge is 0.374 e. The van der Waals surface area contributed by atoms with Crippen LogP contribution < -0.4 is 15.5 Å². The Kier molecular flexibility index (Phi) is 6.19. The molecule has 1 fully saturated rings. The molecule has 0 aliphatic carbocycles. The Morgan fingerprint density at radius 3 is 2.27 bits per heavy atom. The zero-order valence-electron chi connectivity index (χ0n) is 17.8. The molecule has 0 spiro atoms. The van der Waals surface area contributed by atoms with Crippen LogP contribution in [0.5, 0.6) is 0 Å². The zero-order valence-corrected chi connectivity index (χ0v) is 17.8. The van der Waals surface area contributed by atoms with Crippen LogP contribution in [0.2, 0.25) is 0 Å². The minimum Gasteiger partial charge on any atom is -0.374 e. The average Bonchev–Trinajstić information content (AvgIpc) is 2.79. The van der Waals surface area contributed by atoms with Gasteiger partial charge in [0.1, 0.15) is 6.04 Å². The monoisotopic (exact) mass is 402 g/mol. The second-order valence-electron chi connectivity index (χ2n) is 7.89. The van der Waals surface area contributed by atoms with Crippen LogP contribution >= 0.6 is 0 Å². The van der Waals surface area contributed by atoms with Crippen molar-refractivity contribution < 1.29 is 4.79 Å². The first-order chi connectivity index (χ1) is 14.6. The molecule has 2 N–H and O–H groups in total. The summed E-state index contributed by atoms with van der Waals surface area (Å²) in [6.07, 6.45) is 0. The summed E-state index contributed by atoms with van der Waals surface area (Å²) in [5.41, 5.74) is 3.01. The average molecular weight is 403 g/mol. The first-order valence-electron chi connectivity index (χ1n) is 10.8. The SMILES string of the molecule is CCN1CCN(c2ccc(N[C@H](C)C(=O)Nc3ccc4ccccc4c3)cc2)CC1. The molecule has 0 bridgehead atoms. The van der Waals surface area contributed by atoms with Crippen LogP contribution in [0.25, 0.3) is 10.8 Å². The lowest BCUT2D eigenvalue weighted by Gasteiger charge is -2.35. The zero-order chi connectivity index (χ0) is 20.9. The molecule has 0 radical (unpaired) electrons. The molecular formula is C25H30N4O. The van der Waals surface area contributed by atoms with Gasteiger partial charge >= 0.3 is 0 Å². The molecule has 1 atom stereocenters. The molecule has 1 aliphatic rings. The molecule has 3 aromatic carbocycles. The number of amides is 1. The number of hydrogen-bond donors (Lipinski definition) is 2. The number of fused-ring (bicyclic) bond motifs is 1. The normalized spacial score (nSPS) is 15.7. The number of carbonyl (C=O) groups excluding carboxylic acids is 1. The van der Waals surface area contributed by atoms with E-state index >= 15 is 0 Å². The Hall–Kier alpha value is -3.05. The van der Waals surface area contributed by atoms with Gasteiger partial charge in [-0.25, -0.2) is 0 Å². The quantitative estimate of drug-likeness (QED) is 0.641. The van der Waals surface area contributed by atoms with Gasteiger partial charge in [-0.1, -0.05) is 37.3 Å². The number of nitrogens with zero attached hydrogens (tertiary/aromatic N) is 2. The van der Waals surface area contributed by atoms with E-state index in [0.717, 1.165) is 54.9 Å². The Bertz CT molecular complexity index is 993. The number of rotatable bonds is 6. The van der Waals surface area contributed by atoms with Gasteiger partial charge in [-0.15, -0.1) is 0 Å². The van der Waals surface area contributed by atoms with Crippen LogP contribution in [0, 0.1) is 0 Å². The Labute approximate surface area is 178 Å². The van der Waals surface area contributed by atoms with E-state index in [-0.39, 0.29) is 11.9 Å². The second-order valence-corrected chi connectivity index (χ2v) is 7.89. The molecule has 1 aliphatic heterocycles. The third kappa shape index (κ3) is 4.74. The van der Waals surface area contributed by atoms with Crippen LogP contribution in [0.15, 0.2) is 66.7 Å². The van der Waals surface area contributed by atoms with E-state index in [1.54, 1.807) is 0 Å². The summed E-state index contributed by atoms with van der Waals surface area (Å²) in [7, 11) is 0. The van der Waals surface area contributed by atoms with Crippen molar-refractivity contribution in [2.75, 3.05) is 48.3 Å². The van der Waals surface area contributed by atoms with E-state index < -0.39 is 0 Å². The van der Waals surface area contributed by atoms with E-state index in [2.05, 4.69) is 63.8 Å². The highest BCUT2D eigenvalue weighted by Crippen LogP contribution is 2.21. The van der Waals surface area contributed by atoms with Crippen molar-refractivity contribution in [3.8, 4) is 0 Å². The van der Waals surface area contributed by atoms with Gasteiger partial charge in [0.2, 0.25) is 5.91 Å². The Balaban J connectivity index is 1.33. The van der Waals surface area contributed by atoms with E-state index in [0.29, 0.717) is 0 Å². The van der Waals surface area contributed by atoms with Crippen LogP contribution in [-0.4, -0.2) is 49.6 Å². The lowest BCUT2D eigenvalue weighted by molar-refractivity contribution is -0.116. The summed E-state index contributed by atoms with van der Waals surface area (Å²) in [5.74, 6) is -0.0509. The molecular weight excluding hydrogens is 372 g/mol. The predicted molar refractivity (Wildman–Crippen MR) is 126 cm³/mol. The number of anilines is 3. The van der Waals surface area contributed by atoms with Crippen molar-refractivity contribution >= 4 is 33.7 Å². The molecule has 1 heterocycles. The van der Waals surface area contributed by atoms with Crippen molar-refractivity contribution in [3.63, 3.8) is 0 Å². The first kappa shape index (κ1) is 20.2. The van der Waals surface area contributed by atoms with E-state index in [1.165, 1.54) is 5.69 Å². The van der Waals surface area contributed by atoms with Gasteiger partial charge in [0.15, 0.2) is 0 Å². The molecule has 5 nitrogen and oxygen atoms in total. The highest BCUT2D eigenvalue weighted by Gasteiger charge is 2.16. The summed E-state index contributed by atoms with van der Waals surface area (Å²) >= 11 is 0. The molecule has 0 aromatic heterocycles. The maximum absolute atomic E-state index is 12.6. The minimum atomic E-state index is -0.338. The number of hydrogen-bond acceptors (Lipinski definition) is 4. The molecule has 30 heavy (non-hydrogen) atoms. The summed E-state index contributed by atoms with van der Waals surface area (Å²) in [4.78, 5) is 17.5. The van der Waals surface area contributed by atoms with Crippen LogP contribution in [0.3, 0.4) is 0 Å². The van der Waals surface area contributed by atoms with Gasteiger partial charge in [0.25, 0.3) is 0 Å². The third-order valence-corrected chi connectivity index (χ3v) is 5.85. The standard InChI is InChI=1S/C25H30N4O/c1-3-28-14-16-29(17-15-28)24-12-10-22(11-13-24)26-19(2)25(30)27-23-9-8-20-6-4-5-7-21(20)18-23/h4-13,18-19,26H,3,14-17H2,1-2H3,(H,27,30)/t19-/m1/s1. The lowest BCUT2D eigenvalue weighted by atomic mass is 10.1. The fourth-order valence-electron chi connectivity index (χ4n) is 3.92. The van der Waals surface area contributed by atoms with Gasteiger partial charge < -0.3 is 20.4 Å². The summed E-state index contributed by atoms with van der Waals surface area (Å²) < 4.78 is 0. The molecule has 4 rings (SSSR count). The topological polar surface area (TPSA) is 47.6 Å². The van der Waals surface area contributed by atoms with Crippen molar-refractivity contribution in [3.05, 3.63) is 66.7 Å². The fraction of sp³-hybridized carbons (Fsp3) is 0.320. The number of benzene rings is 3. The maximum atomic E-state index is 12.6. The predicted octanol–water partition coefficient (Wildman–Crippen LogP) is 4.42. The van der Waals surface area contributed by atoms with Crippen LogP contribution in [0.1, 0.15) is 13.8 Å². The van der Waals surface area contributed by atoms with Crippen LogP contribution in [0.4, 0.5) is 17.1 Å². The molecule has 156 valence electrons. The lowest BCUT2D eigenvalue weighted by Crippen LogP contribution is -2.46. The smallest absolute Gasteiger partial charge is 0.246 e. The van der Waals surface area contributed by atoms with Gasteiger partial charge in [-0.05, 0) is 60.6 Å². The molecule has 3 aromatic rings. The van der Waals surface area contributed by atoms with Crippen molar-refractivity contribution in [2.45, 2.75) is 19.9 Å². The Morgan fingerprint density at radius 1 is 0.900 bits per heavy atom. The van der Waals surface area contributed by atoms with E-state index in [1.807, 2.05) is 37.3 Å². The molecule has 5 heteroatoms. The molecule has 0 saturated carbocycles. The second kappa shape index (κ2) is 9.18. The van der Waals surface area contributed by atoms with E-state index in [9.17, 15) is 4.79 Å². The van der Waals surface area contributed by atoms with Crippen LogP contribution in [-0.2, 0) is 4.79 Å². The van der Waals surface area contributed by atoms with Crippen molar-refractivity contribution in [1.82, 2.24) is 4.90 Å². The van der Waals surface area contributed by atoms with Crippen molar-refractivity contribution in [2.24, 2.45) is 0 Å². The van der Waals surface area contributed by atoms with Gasteiger partial charge in [0, 0.05) is 43.2 Å². The summed E-state index contributed by atoms with van der Waals surface area (Å²) in [6.45, 7) is 9.57. The fourth-order valence-corrected chi connectivity index (χ4v) is 3.92. The van der Waals surface area contributed by atoms with Gasteiger partial charge in [-0.2, -0.15) is 0 Å². The third-order valence-electron chi connectivity index (χ3n) is 5.85. The maximum Gasteiger partial charge on any atom is 0.246 e. The van der Waals surface area contributed by atoms with Crippen molar-refractivity contribution in [1.29, 1.82) is 0 Å². The summed E-state index contributed by atoms with van der Waals surface area (Å²) in [6, 6.07) is 22.2. The first-order valence-corrected chi connectivity index (χ1v) is 10.8. The number of carbonyl (C=O) groups is 1. The van der Waals surface area contributed by atoms with Gasteiger partial charge in [0.05, 0.1) is 0 Å². The number of nitrogens with one attached hydrogen (secondary N) is 2. The Morgan fingerprint density at radius 2 is 1.57 bits per heavy atom. The highest BCUT2D eigenvalue weighted by molar-refractivity contribution is 5.98. The van der Waals surface area contributed by atoms with Gasteiger partial charge in [-0.3, -0.25) is 4.79 Å². The van der Waals surface area contributed by atoms with E-state index in [4.69, 9.17) is 0 Å². The number of piperazine rings is 1. The number of likely N-dealkylation sites (N-methyl/N-ethyl adjacent to an activating group) is 1. The minimum absolute atomic E-state index is 0.0509. The molecule has 1 amide bonds.